The van der Waals surface area contributed by atoms with Crippen LogP contribution in [0.1, 0.15) is 57.2 Å². The lowest BCUT2D eigenvalue weighted by Gasteiger charge is -2.25. The highest BCUT2D eigenvalue weighted by molar-refractivity contribution is 4.90. The Morgan fingerprint density at radius 2 is 2.06 bits per heavy atom. The molecule has 1 aromatic rings. The number of hydrogen-bond acceptors (Lipinski definition) is 5. The zero-order valence-electron chi connectivity index (χ0n) is 10.6. The van der Waals surface area contributed by atoms with Crippen molar-refractivity contribution in [2.75, 3.05) is 0 Å². The molecule has 96 valence electrons. The molecule has 1 heterocycles. The maximum Gasteiger partial charge on any atom is 0.252 e. The average Bonchev–Trinajstić information content (AvgIpc) is 2.77. The third-order valence-corrected chi connectivity index (χ3v) is 3.16. The molecule has 0 aromatic carbocycles. The number of aromatic nitrogens is 2. The molecule has 2 N–H and O–H groups in total. The molecule has 0 aliphatic heterocycles. The highest BCUT2D eigenvalue weighted by Crippen LogP contribution is 2.21. The fourth-order valence-corrected chi connectivity index (χ4v) is 2.01. The van der Waals surface area contributed by atoms with Gasteiger partial charge < -0.3 is 15.0 Å². The van der Waals surface area contributed by atoms with Gasteiger partial charge in [-0.15, -0.1) is 0 Å². The van der Waals surface area contributed by atoms with Crippen LogP contribution in [0.4, 0.5) is 0 Å². The van der Waals surface area contributed by atoms with Crippen LogP contribution in [0.5, 0.6) is 0 Å². The molecular formula is C12H21N3O2. The molecule has 0 atom stereocenters. The highest BCUT2D eigenvalue weighted by atomic mass is 16.5. The van der Waals surface area contributed by atoms with Gasteiger partial charge in [-0.2, -0.15) is 4.98 Å². The molecule has 1 aliphatic rings. The van der Waals surface area contributed by atoms with Crippen molar-refractivity contribution in [3.8, 4) is 0 Å². The second kappa shape index (κ2) is 5.60. The van der Waals surface area contributed by atoms with E-state index in [0.29, 0.717) is 30.6 Å². The van der Waals surface area contributed by atoms with Gasteiger partial charge in [-0.05, 0) is 25.7 Å². The predicted molar refractivity (Wildman–Crippen MR) is 63.4 cm³/mol. The largest absolute Gasteiger partial charge is 0.368 e. The van der Waals surface area contributed by atoms with Crippen molar-refractivity contribution in [3.05, 3.63) is 11.7 Å². The fraction of sp³-hybridized carbons (Fsp3) is 0.833. The first kappa shape index (κ1) is 12.5. The van der Waals surface area contributed by atoms with Crippen LogP contribution in [0.15, 0.2) is 4.52 Å². The molecular weight excluding hydrogens is 218 g/mol. The molecule has 0 bridgehead atoms. The molecule has 1 fully saturated rings. The molecule has 0 unspecified atom stereocenters. The Bertz CT molecular complexity index is 343. The van der Waals surface area contributed by atoms with Gasteiger partial charge in [0.1, 0.15) is 6.61 Å². The molecule has 17 heavy (non-hydrogen) atoms. The van der Waals surface area contributed by atoms with Gasteiger partial charge in [-0.3, -0.25) is 0 Å². The summed E-state index contributed by atoms with van der Waals surface area (Å²) in [6.45, 7) is 4.50. The molecule has 5 nitrogen and oxygen atoms in total. The smallest absolute Gasteiger partial charge is 0.252 e. The SMILES string of the molecule is CC(C)c1noc(COC2CCC(N)CC2)n1. The lowest BCUT2D eigenvalue weighted by atomic mass is 9.94. The number of nitrogens with zero attached hydrogens (tertiary/aromatic N) is 2. The summed E-state index contributed by atoms with van der Waals surface area (Å²) in [5, 5.41) is 3.91. The van der Waals surface area contributed by atoms with Gasteiger partial charge in [0.2, 0.25) is 0 Å². The van der Waals surface area contributed by atoms with Gasteiger partial charge in [-0.25, -0.2) is 0 Å². The van der Waals surface area contributed by atoms with Crippen molar-refractivity contribution in [2.45, 2.75) is 64.2 Å². The molecule has 0 saturated heterocycles. The van der Waals surface area contributed by atoms with Crippen LogP contribution in [0.25, 0.3) is 0 Å². The predicted octanol–water partition coefficient (Wildman–Crippen LogP) is 1.98. The third kappa shape index (κ3) is 3.51. The van der Waals surface area contributed by atoms with Crippen molar-refractivity contribution < 1.29 is 9.26 Å². The van der Waals surface area contributed by atoms with Crippen molar-refractivity contribution in [3.63, 3.8) is 0 Å². The quantitative estimate of drug-likeness (QED) is 0.869. The van der Waals surface area contributed by atoms with Gasteiger partial charge in [0.25, 0.3) is 5.89 Å². The van der Waals surface area contributed by atoms with Crippen molar-refractivity contribution in [2.24, 2.45) is 5.73 Å². The molecule has 1 aliphatic carbocycles. The Labute approximate surface area is 102 Å². The summed E-state index contributed by atoms with van der Waals surface area (Å²) in [5.41, 5.74) is 5.84. The number of hydrogen-bond donors (Lipinski definition) is 1. The number of ether oxygens (including phenoxy) is 1. The van der Waals surface area contributed by atoms with E-state index in [4.69, 9.17) is 15.0 Å². The summed E-state index contributed by atoms with van der Waals surface area (Å²) < 4.78 is 10.9. The maximum absolute atomic E-state index is 5.84. The fourth-order valence-electron chi connectivity index (χ4n) is 2.01. The first-order valence-electron chi connectivity index (χ1n) is 6.35. The number of nitrogens with two attached hydrogens (primary N) is 1. The van der Waals surface area contributed by atoms with Gasteiger partial charge in [-0.1, -0.05) is 19.0 Å². The normalized spacial score (nSPS) is 25.4. The van der Waals surface area contributed by atoms with Crippen molar-refractivity contribution >= 4 is 0 Å². The van der Waals surface area contributed by atoms with E-state index in [1.165, 1.54) is 0 Å². The Morgan fingerprint density at radius 3 is 2.65 bits per heavy atom. The van der Waals surface area contributed by atoms with Gasteiger partial charge in [0.15, 0.2) is 5.82 Å². The second-order valence-corrected chi connectivity index (χ2v) is 5.05. The zero-order valence-corrected chi connectivity index (χ0v) is 10.6. The zero-order chi connectivity index (χ0) is 12.3. The highest BCUT2D eigenvalue weighted by Gasteiger charge is 2.20. The van der Waals surface area contributed by atoms with E-state index in [1.54, 1.807) is 0 Å². The van der Waals surface area contributed by atoms with Crippen molar-refractivity contribution in [1.29, 1.82) is 0 Å². The van der Waals surface area contributed by atoms with Crippen LogP contribution in [-0.4, -0.2) is 22.3 Å². The van der Waals surface area contributed by atoms with Crippen LogP contribution >= 0.6 is 0 Å². The lowest BCUT2D eigenvalue weighted by Crippen LogP contribution is -2.30. The Balaban J connectivity index is 1.77. The first-order valence-corrected chi connectivity index (χ1v) is 6.35. The molecule has 0 amide bonds. The van der Waals surface area contributed by atoms with Gasteiger partial charge >= 0.3 is 0 Å². The Hall–Kier alpha value is -0.940. The first-order chi connectivity index (χ1) is 8.15. The van der Waals surface area contributed by atoms with E-state index < -0.39 is 0 Å². The summed E-state index contributed by atoms with van der Waals surface area (Å²) in [5.74, 6) is 1.61. The van der Waals surface area contributed by atoms with Crippen LogP contribution in [0, 0.1) is 0 Å². The van der Waals surface area contributed by atoms with Crippen LogP contribution in [0.3, 0.4) is 0 Å². The molecule has 0 spiro atoms. The minimum Gasteiger partial charge on any atom is -0.368 e. The molecule has 1 saturated carbocycles. The molecule has 5 heteroatoms. The average molecular weight is 239 g/mol. The maximum atomic E-state index is 5.84. The van der Waals surface area contributed by atoms with Crippen LogP contribution in [-0.2, 0) is 11.3 Å². The minimum atomic E-state index is 0.292. The van der Waals surface area contributed by atoms with Crippen LogP contribution in [0.2, 0.25) is 0 Å². The van der Waals surface area contributed by atoms with E-state index >= 15 is 0 Å². The summed E-state index contributed by atoms with van der Waals surface area (Å²) >= 11 is 0. The molecule has 2 rings (SSSR count). The molecule has 0 radical (unpaired) electrons. The Kier molecular flexibility index (Phi) is 4.12. The van der Waals surface area contributed by atoms with E-state index in [1.807, 2.05) is 13.8 Å². The van der Waals surface area contributed by atoms with Gasteiger partial charge in [0.05, 0.1) is 6.10 Å². The summed E-state index contributed by atoms with van der Waals surface area (Å²) in [4.78, 5) is 4.28. The second-order valence-electron chi connectivity index (χ2n) is 5.05. The van der Waals surface area contributed by atoms with Gasteiger partial charge in [0, 0.05) is 12.0 Å². The monoisotopic (exact) mass is 239 g/mol. The summed E-state index contributed by atoms with van der Waals surface area (Å²) in [6, 6.07) is 0.353. The molecule has 1 aromatic heterocycles. The van der Waals surface area contributed by atoms with Crippen molar-refractivity contribution in [1.82, 2.24) is 10.1 Å². The third-order valence-electron chi connectivity index (χ3n) is 3.16. The topological polar surface area (TPSA) is 74.2 Å². The minimum absolute atomic E-state index is 0.292. The summed E-state index contributed by atoms with van der Waals surface area (Å²) in [6.07, 6.45) is 4.46. The van der Waals surface area contributed by atoms with E-state index in [-0.39, 0.29) is 0 Å². The standard InChI is InChI=1S/C12H21N3O2/c1-8(2)12-14-11(17-15-12)7-16-10-5-3-9(13)4-6-10/h8-10H,3-7,13H2,1-2H3. The van der Waals surface area contributed by atoms with E-state index in [2.05, 4.69) is 10.1 Å². The number of rotatable bonds is 4. The Morgan fingerprint density at radius 1 is 1.35 bits per heavy atom. The van der Waals surface area contributed by atoms with Crippen LogP contribution < -0.4 is 5.73 Å². The summed E-state index contributed by atoms with van der Waals surface area (Å²) in [7, 11) is 0. The van der Waals surface area contributed by atoms with E-state index in [0.717, 1.165) is 31.5 Å². The van der Waals surface area contributed by atoms with E-state index in [9.17, 15) is 0 Å². The lowest BCUT2D eigenvalue weighted by molar-refractivity contribution is 0.00192.